The second kappa shape index (κ2) is 6.13. The molecule has 0 saturated carbocycles. The van der Waals surface area contributed by atoms with Crippen molar-refractivity contribution in [3.63, 3.8) is 0 Å². The molecule has 0 aliphatic heterocycles. The van der Waals surface area contributed by atoms with Crippen molar-refractivity contribution < 1.29 is 4.99 Å². The van der Waals surface area contributed by atoms with Gasteiger partial charge in [0.1, 0.15) is 5.69 Å². The third kappa shape index (κ3) is 3.30. The van der Waals surface area contributed by atoms with Gasteiger partial charge in [-0.05, 0) is 52.8 Å². The van der Waals surface area contributed by atoms with Crippen molar-refractivity contribution >= 4 is 22.4 Å². The van der Waals surface area contributed by atoms with Gasteiger partial charge in [-0.3, -0.25) is 0 Å². The first-order valence-electron chi connectivity index (χ1n) is 8.93. The van der Waals surface area contributed by atoms with E-state index < -0.39 is 0 Å². The predicted molar refractivity (Wildman–Crippen MR) is 106 cm³/mol. The number of fused-ring (bicyclic) bond motifs is 1. The third-order valence-corrected chi connectivity index (χ3v) is 6.25. The average Bonchev–Trinajstić information content (AvgIpc) is 2.98. The molecule has 0 amide bonds. The molecule has 5 heteroatoms. The largest absolute Gasteiger partial charge is 0.311 e. The quantitative estimate of drug-likeness (QED) is 0.584. The molecule has 1 aromatic heterocycles. The number of hydrogen-bond acceptors (Lipinski definition) is 2. The highest BCUT2D eigenvalue weighted by Crippen LogP contribution is 2.47. The van der Waals surface area contributed by atoms with Crippen molar-refractivity contribution in [2.24, 2.45) is 11.5 Å². The van der Waals surface area contributed by atoms with E-state index in [1.807, 2.05) is 0 Å². The van der Waals surface area contributed by atoms with Crippen LogP contribution in [0.1, 0.15) is 64.2 Å². The number of nitrogens with two attached hydrogens (primary N) is 2. The Morgan fingerprint density at radius 2 is 1.72 bits per heavy atom. The molecule has 0 atom stereocenters. The van der Waals surface area contributed by atoms with Gasteiger partial charge < -0.3 is 11.5 Å². The number of thiazole rings is 1. The van der Waals surface area contributed by atoms with E-state index in [9.17, 15) is 0 Å². The summed E-state index contributed by atoms with van der Waals surface area (Å²) in [6.45, 7) is 11.7. The lowest BCUT2D eigenvalue weighted by Gasteiger charge is -2.42. The molecule has 1 heterocycles. The monoisotopic (exact) mass is 357 g/mol. The maximum absolute atomic E-state index is 5.53. The summed E-state index contributed by atoms with van der Waals surface area (Å²) in [6.07, 6.45) is 3.43. The van der Waals surface area contributed by atoms with Crippen LogP contribution in [0.4, 0.5) is 5.13 Å². The van der Waals surface area contributed by atoms with Crippen molar-refractivity contribution in [2.75, 3.05) is 0 Å². The normalized spacial score (nSPS) is 17.8. The first kappa shape index (κ1) is 17.9. The fraction of sp³-hybridized carbons (Fsp3) is 0.500. The lowest BCUT2D eigenvalue weighted by molar-refractivity contribution is -0.355. The summed E-state index contributed by atoms with van der Waals surface area (Å²) < 4.78 is 0. The molecule has 0 fully saturated rings. The number of aromatic nitrogens is 1. The fourth-order valence-corrected chi connectivity index (χ4v) is 4.50. The van der Waals surface area contributed by atoms with E-state index in [1.165, 1.54) is 46.4 Å². The number of guanidine groups is 1. The van der Waals surface area contributed by atoms with Crippen LogP contribution in [0.25, 0.3) is 11.3 Å². The molecule has 0 spiro atoms. The Bertz CT molecular complexity index is 826. The Hall–Kier alpha value is -1.88. The molecule has 1 aliphatic rings. The van der Waals surface area contributed by atoms with Crippen molar-refractivity contribution in [3.05, 3.63) is 34.2 Å². The van der Waals surface area contributed by atoms with Crippen LogP contribution in [0.5, 0.6) is 0 Å². The van der Waals surface area contributed by atoms with Crippen LogP contribution in [-0.4, -0.2) is 10.9 Å². The van der Waals surface area contributed by atoms with Gasteiger partial charge in [-0.15, -0.1) is 4.98 Å². The summed E-state index contributed by atoms with van der Waals surface area (Å²) in [5, 5.41) is 2.81. The molecule has 0 unspecified atom stereocenters. The molecule has 5 N–H and O–H groups in total. The molecule has 0 saturated heterocycles. The minimum atomic E-state index is 0.171. The van der Waals surface area contributed by atoms with Gasteiger partial charge >= 0.3 is 5.96 Å². The topological polar surface area (TPSA) is 78.9 Å². The van der Waals surface area contributed by atoms with Gasteiger partial charge in [0.25, 0.3) is 5.13 Å². The second-order valence-corrected chi connectivity index (χ2v) is 9.15. The molecule has 0 bridgehead atoms. The van der Waals surface area contributed by atoms with Crippen molar-refractivity contribution in [1.82, 2.24) is 4.98 Å². The summed E-state index contributed by atoms with van der Waals surface area (Å²) >= 11 is 1.53. The highest BCUT2D eigenvalue weighted by atomic mass is 32.1. The predicted octanol–water partition coefficient (Wildman–Crippen LogP) is 2.71. The maximum Gasteiger partial charge on any atom is 0.303 e. The fourth-order valence-electron chi connectivity index (χ4n) is 3.77. The molecular formula is C20H29N4S+. The zero-order chi connectivity index (χ0) is 18.4. The summed E-state index contributed by atoms with van der Waals surface area (Å²) in [5.74, 6) is 0.171. The standard InChI is InChI=1S/C20H28N4S/c1-6-12-9-14-15(20(4,5)8-7-19(14,2)3)10-13(12)16-11-25-18(23-16)24-17(21)22/h9-11H,6-8H2,1-5H3,(H4,21,22,23,24)/p+1. The summed E-state index contributed by atoms with van der Waals surface area (Å²) in [5.41, 5.74) is 18.0. The number of nitrogens with zero attached hydrogens (tertiary/aromatic N) is 1. The van der Waals surface area contributed by atoms with Gasteiger partial charge in [-0.25, -0.2) is 4.99 Å². The zero-order valence-corrected chi connectivity index (χ0v) is 16.7. The molecule has 1 aromatic carbocycles. The third-order valence-electron chi connectivity index (χ3n) is 5.49. The van der Waals surface area contributed by atoms with Crippen molar-refractivity contribution in [1.29, 1.82) is 0 Å². The van der Waals surface area contributed by atoms with Gasteiger partial charge in [-0.2, -0.15) is 0 Å². The van der Waals surface area contributed by atoms with Crippen LogP contribution < -0.4 is 16.5 Å². The van der Waals surface area contributed by atoms with Gasteiger partial charge in [0.2, 0.25) is 0 Å². The molecule has 0 radical (unpaired) electrons. The molecular weight excluding hydrogens is 328 g/mol. The van der Waals surface area contributed by atoms with Crippen LogP contribution >= 0.6 is 11.3 Å². The van der Waals surface area contributed by atoms with Gasteiger partial charge in [-0.1, -0.05) is 52.0 Å². The van der Waals surface area contributed by atoms with Gasteiger partial charge in [0.15, 0.2) is 0 Å². The first-order valence-corrected chi connectivity index (χ1v) is 9.81. The molecule has 1 aliphatic carbocycles. The second-order valence-electron chi connectivity index (χ2n) is 8.29. The number of benzene rings is 1. The highest BCUT2D eigenvalue weighted by Gasteiger charge is 2.37. The van der Waals surface area contributed by atoms with Crippen molar-refractivity contribution in [2.45, 2.75) is 64.7 Å². The summed E-state index contributed by atoms with van der Waals surface area (Å²) in [7, 11) is 0. The van der Waals surface area contributed by atoms with Crippen LogP contribution in [0.2, 0.25) is 0 Å². The average molecular weight is 358 g/mol. The minimum Gasteiger partial charge on any atom is -0.311 e. The number of rotatable bonds is 3. The Morgan fingerprint density at radius 3 is 2.28 bits per heavy atom. The molecule has 25 heavy (non-hydrogen) atoms. The summed E-state index contributed by atoms with van der Waals surface area (Å²) in [4.78, 5) is 7.59. The molecule has 3 rings (SSSR count). The first-order chi connectivity index (χ1) is 11.6. The van der Waals surface area contributed by atoms with E-state index >= 15 is 0 Å². The number of nitrogens with one attached hydrogen (secondary N) is 1. The number of aryl methyl sites for hydroxylation is 1. The maximum atomic E-state index is 5.53. The Labute approximate surface area is 154 Å². The Balaban J connectivity index is 2.18. The highest BCUT2D eigenvalue weighted by molar-refractivity contribution is 7.13. The molecule has 4 nitrogen and oxygen atoms in total. The van der Waals surface area contributed by atoms with E-state index in [0.29, 0.717) is 0 Å². The Morgan fingerprint density at radius 1 is 1.12 bits per heavy atom. The molecule has 134 valence electrons. The zero-order valence-electron chi connectivity index (χ0n) is 15.9. The van der Waals surface area contributed by atoms with Crippen molar-refractivity contribution in [3.8, 4) is 11.3 Å². The summed E-state index contributed by atoms with van der Waals surface area (Å²) in [6, 6.07) is 4.80. The van der Waals surface area contributed by atoms with Crippen LogP contribution in [-0.2, 0) is 17.3 Å². The van der Waals surface area contributed by atoms with E-state index in [-0.39, 0.29) is 16.8 Å². The smallest absolute Gasteiger partial charge is 0.303 e. The SMILES string of the molecule is CCc1cc2c(cc1-c1csc([NH+]=C(N)N)n1)C(C)(C)CCC2(C)C. The van der Waals surface area contributed by atoms with Crippen LogP contribution in [0, 0.1) is 0 Å². The number of hydrogen-bond donors (Lipinski definition) is 3. The lowest BCUT2D eigenvalue weighted by Crippen LogP contribution is -2.72. The molecule has 2 aromatic rings. The van der Waals surface area contributed by atoms with Gasteiger partial charge in [0.05, 0.1) is 0 Å². The lowest BCUT2D eigenvalue weighted by atomic mass is 9.62. The van der Waals surface area contributed by atoms with E-state index in [0.717, 1.165) is 17.2 Å². The minimum absolute atomic E-state index is 0.171. The van der Waals surface area contributed by atoms with Crippen LogP contribution in [0.15, 0.2) is 17.5 Å². The van der Waals surface area contributed by atoms with Gasteiger partial charge in [0, 0.05) is 10.9 Å². The Kier molecular flexibility index (Phi) is 4.40. The van der Waals surface area contributed by atoms with E-state index in [2.05, 4.69) is 62.1 Å². The van der Waals surface area contributed by atoms with E-state index in [1.54, 1.807) is 0 Å². The van der Waals surface area contributed by atoms with Crippen LogP contribution in [0.3, 0.4) is 0 Å². The van der Waals surface area contributed by atoms with E-state index in [4.69, 9.17) is 11.5 Å².